The van der Waals surface area contributed by atoms with Gasteiger partial charge >= 0.3 is 0 Å². The minimum atomic E-state index is 0.278. The smallest absolute Gasteiger partial charge is 0.252 e. The predicted molar refractivity (Wildman–Crippen MR) is 336 cm³/mol. The molecule has 0 N–H and O–H groups in total. The molecule has 1 aromatic rings. The number of rotatable bonds is 48. The molecule has 0 aliphatic carbocycles. The molecule has 0 saturated carbocycles. The Kier molecular flexibility index (Phi) is 43.6. The molecule has 0 spiro atoms. The van der Waals surface area contributed by atoms with E-state index in [1.54, 1.807) is 11.3 Å². The molecule has 0 amide bonds. The van der Waals surface area contributed by atoms with Crippen LogP contribution in [0.15, 0.2) is 21.7 Å². The fourth-order valence-electron chi connectivity index (χ4n) is 8.59. The molecule has 3 heterocycles. The van der Waals surface area contributed by atoms with Crippen LogP contribution in [0.1, 0.15) is 285 Å². The van der Waals surface area contributed by atoms with Crippen molar-refractivity contribution in [2.24, 2.45) is 0 Å². The molecule has 11 heteroatoms. The zero-order chi connectivity index (χ0) is 48.4. The van der Waals surface area contributed by atoms with Crippen LogP contribution >= 0.6 is 117 Å². The van der Waals surface area contributed by atoms with Gasteiger partial charge in [-0.15, -0.1) is 58.4 Å². The van der Waals surface area contributed by atoms with E-state index in [0.29, 0.717) is 0 Å². The van der Waals surface area contributed by atoms with E-state index in [1.807, 2.05) is 47.0 Å². The van der Waals surface area contributed by atoms with Gasteiger partial charge in [0.25, 0.3) is 4.74 Å². The SMILES string of the molecule is CCCCCCCCCCCCSC1=C(SCCCCCCCCCCCC)SC(=c2sc(=O)c(=C3SC(SCCCCCCCCCCCC)=C(SCCCCCCCCCCCC)S3)s2)S1. The van der Waals surface area contributed by atoms with Gasteiger partial charge in [-0.05, 0) is 48.7 Å². The van der Waals surface area contributed by atoms with Gasteiger partial charge in [0.15, 0.2) is 0 Å². The molecule has 0 unspecified atom stereocenters. The summed E-state index contributed by atoms with van der Waals surface area (Å²) in [5.41, 5.74) is 0. The van der Waals surface area contributed by atoms with E-state index in [9.17, 15) is 4.79 Å². The maximum Gasteiger partial charge on any atom is 0.252 e. The fourth-order valence-corrected chi connectivity index (χ4v) is 23.5. The highest BCUT2D eigenvalue weighted by Gasteiger charge is 2.26. The van der Waals surface area contributed by atoms with Crippen molar-refractivity contribution in [2.75, 3.05) is 23.0 Å². The van der Waals surface area contributed by atoms with E-state index >= 15 is 0 Å². The summed E-state index contributed by atoms with van der Waals surface area (Å²) < 4.78 is 11.1. The lowest BCUT2D eigenvalue weighted by molar-refractivity contribution is 0.563. The Bertz CT molecular complexity index is 1530. The first-order valence-corrected chi connectivity index (χ1v) is 37.5. The topological polar surface area (TPSA) is 17.1 Å². The maximum atomic E-state index is 13.9. The highest BCUT2D eigenvalue weighted by atomic mass is 32.3. The summed E-state index contributed by atoms with van der Waals surface area (Å²) in [6.07, 6.45) is 55.6. The van der Waals surface area contributed by atoms with Gasteiger partial charge < -0.3 is 0 Å². The molecule has 394 valence electrons. The average molecular weight is 1120 g/mol. The number of unbranched alkanes of at least 4 members (excludes halogenated alkanes) is 36. The summed E-state index contributed by atoms with van der Waals surface area (Å²) in [5.74, 6) is 4.84. The zero-order valence-corrected chi connectivity index (χ0v) is 52.3. The van der Waals surface area contributed by atoms with E-state index in [-0.39, 0.29) is 4.74 Å². The Labute approximate surface area is 463 Å². The molecule has 2 aliphatic heterocycles. The second-order valence-corrected chi connectivity index (χ2v) is 31.7. The third-order valence-electron chi connectivity index (χ3n) is 12.9. The van der Waals surface area contributed by atoms with Crippen LogP contribution in [-0.4, -0.2) is 23.0 Å². The first-order chi connectivity index (χ1) is 33.6. The first kappa shape index (κ1) is 64.2. The Morgan fingerprint density at radius 2 is 0.500 bits per heavy atom. The van der Waals surface area contributed by atoms with Crippen molar-refractivity contribution in [1.29, 1.82) is 0 Å². The summed E-state index contributed by atoms with van der Waals surface area (Å²) in [6.45, 7) is 9.24. The van der Waals surface area contributed by atoms with Crippen LogP contribution in [0.2, 0.25) is 0 Å². The predicted octanol–water partition coefficient (Wildman–Crippen LogP) is 23.1. The minimum absolute atomic E-state index is 0.278. The average Bonchev–Trinajstić information content (AvgIpc) is 4.07. The monoisotopic (exact) mass is 1120 g/mol. The molecule has 0 atom stereocenters. The summed E-state index contributed by atoms with van der Waals surface area (Å²) >= 11 is 19.6. The molecule has 1 nitrogen and oxygen atoms in total. The lowest BCUT2D eigenvalue weighted by Gasteiger charge is -2.06. The summed E-state index contributed by atoms with van der Waals surface area (Å²) in [7, 11) is 0. The van der Waals surface area contributed by atoms with Crippen molar-refractivity contribution in [3.8, 4) is 0 Å². The van der Waals surface area contributed by atoms with Crippen molar-refractivity contribution < 1.29 is 0 Å². The molecule has 1 aromatic heterocycles. The number of hydrogen-bond donors (Lipinski definition) is 0. The zero-order valence-electron chi connectivity index (χ0n) is 44.1. The minimum Gasteiger partial charge on any atom is -0.276 e. The third-order valence-corrected chi connectivity index (χ3v) is 27.5. The van der Waals surface area contributed by atoms with Crippen LogP contribution in [0.4, 0.5) is 0 Å². The molecule has 3 rings (SSSR count). The molecule has 0 aromatic carbocycles. The third kappa shape index (κ3) is 31.7. The Hall–Kier alpha value is 1.87. The summed E-state index contributed by atoms with van der Waals surface area (Å²) in [5, 5.41) is 0. The second-order valence-electron chi connectivity index (χ2n) is 19.4. The van der Waals surface area contributed by atoms with Crippen molar-refractivity contribution in [1.82, 2.24) is 0 Å². The van der Waals surface area contributed by atoms with Crippen LogP contribution in [0, 0.1) is 0 Å². The molecule has 0 fully saturated rings. The van der Waals surface area contributed by atoms with E-state index in [1.165, 1.54) is 320 Å². The lowest BCUT2D eigenvalue weighted by Crippen LogP contribution is -2.14. The van der Waals surface area contributed by atoms with Crippen LogP contribution in [0.25, 0.3) is 8.47 Å². The van der Waals surface area contributed by atoms with Gasteiger partial charge in [0.2, 0.25) is 0 Å². The van der Waals surface area contributed by atoms with Crippen molar-refractivity contribution in [3.05, 3.63) is 34.9 Å². The molecule has 68 heavy (non-hydrogen) atoms. The van der Waals surface area contributed by atoms with E-state index in [2.05, 4.69) is 74.7 Å². The Balaban J connectivity index is 1.60. The van der Waals surface area contributed by atoms with Gasteiger partial charge in [0.1, 0.15) is 8.38 Å². The Morgan fingerprint density at radius 3 is 0.750 bits per heavy atom. The largest absolute Gasteiger partial charge is 0.276 e. The highest BCUT2D eigenvalue weighted by molar-refractivity contribution is 8.46. The molecule has 2 aliphatic rings. The Morgan fingerprint density at radius 1 is 0.279 bits per heavy atom. The lowest BCUT2D eigenvalue weighted by atomic mass is 10.1. The van der Waals surface area contributed by atoms with Gasteiger partial charge in [-0.1, -0.05) is 317 Å². The van der Waals surface area contributed by atoms with Crippen LogP contribution in [0.5, 0.6) is 0 Å². The molecule has 0 saturated heterocycles. The maximum absolute atomic E-state index is 13.9. The van der Waals surface area contributed by atoms with E-state index in [0.717, 1.165) is 4.53 Å². The van der Waals surface area contributed by atoms with Gasteiger partial charge in [-0.3, -0.25) is 4.79 Å². The molecule has 0 bridgehead atoms. The van der Waals surface area contributed by atoms with Crippen LogP contribution in [0.3, 0.4) is 0 Å². The number of thioether (sulfide) groups is 8. The van der Waals surface area contributed by atoms with E-state index < -0.39 is 0 Å². The summed E-state index contributed by atoms with van der Waals surface area (Å²) in [4.78, 5) is 13.9. The second kappa shape index (κ2) is 46.2. The fraction of sp³-hybridized carbons (Fsp3) is 0.842. The standard InChI is InChI=1S/C57H100OS10/c1-5-9-13-17-21-25-29-33-37-41-45-59-52-53(60-46-42-38-34-30-26-22-18-14-10-6-2)66-51(65-52)49-50(58)64-56(63-49)57-67-54(61-47-43-39-35-31-27-23-19-15-11-7-3)55(68-57)62-48-44-40-36-32-28-24-20-16-12-8-4/h5-48H2,1-4H3. The van der Waals surface area contributed by atoms with Crippen LogP contribution < -0.4 is 13.1 Å². The van der Waals surface area contributed by atoms with Gasteiger partial charge in [-0.25, -0.2) is 0 Å². The highest BCUT2D eigenvalue weighted by Crippen LogP contribution is 2.59. The first-order valence-electron chi connectivity index (χ1n) is 28.7. The number of hydrogen-bond acceptors (Lipinski definition) is 11. The summed E-state index contributed by atoms with van der Waals surface area (Å²) in [6, 6.07) is 0. The molecular formula is C57H100OS10. The van der Waals surface area contributed by atoms with Crippen LogP contribution in [-0.2, 0) is 0 Å². The van der Waals surface area contributed by atoms with Crippen molar-refractivity contribution >= 4 is 125 Å². The van der Waals surface area contributed by atoms with Gasteiger partial charge in [0, 0.05) is 0 Å². The van der Waals surface area contributed by atoms with Gasteiger partial charge in [0.05, 0.1) is 25.4 Å². The van der Waals surface area contributed by atoms with Crippen molar-refractivity contribution in [3.63, 3.8) is 0 Å². The quantitative estimate of drug-likeness (QED) is 0.0589. The van der Waals surface area contributed by atoms with Gasteiger partial charge in [-0.2, -0.15) is 0 Å². The van der Waals surface area contributed by atoms with E-state index in [4.69, 9.17) is 0 Å². The normalized spacial score (nSPS) is 14.3. The molecule has 0 radical (unpaired) electrons. The molecular weight excluding hydrogens is 1020 g/mol. The van der Waals surface area contributed by atoms with Crippen molar-refractivity contribution in [2.45, 2.75) is 285 Å².